The van der Waals surface area contributed by atoms with E-state index >= 15 is 0 Å². The van der Waals surface area contributed by atoms with E-state index in [1.807, 2.05) is 25.1 Å². The fraction of sp³-hybridized carbons (Fsp3) is 0.417. The number of carbonyl (C=O) groups is 1. The van der Waals surface area contributed by atoms with E-state index in [0.29, 0.717) is 6.61 Å². The maximum absolute atomic E-state index is 11.5. The predicted octanol–water partition coefficient (Wildman–Crippen LogP) is 2.18. The molecular formula is C12H14O2. The molecule has 0 N–H and O–H groups in total. The number of ether oxygens (including phenoxy) is 1. The molecule has 1 aliphatic heterocycles. The third-order valence-corrected chi connectivity index (χ3v) is 2.82. The largest absolute Gasteiger partial charge is 0.465 e. The molecule has 74 valence electrons. The lowest BCUT2D eigenvalue weighted by Gasteiger charge is -2.18. The lowest BCUT2D eigenvalue weighted by Crippen LogP contribution is -2.24. The molecule has 0 amide bonds. The first-order chi connectivity index (χ1) is 6.71. The van der Waals surface area contributed by atoms with Crippen molar-refractivity contribution in [3.05, 3.63) is 35.9 Å². The second kappa shape index (κ2) is 3.45. The highest BCUT2D eigenvalue weighted by atomic mass is 16.5. The fourth-order valence-electron chi connectivity index (χ4n) is 1.85. The summed E-state index contributed by atoms with van der Waals surface area (Å²) < 4.78 is 5.00. The molecule has 14 heavy (non-hydrogen) atoms. The van der Waals surface area contributed by atoms with Crippen LogP contribution in [0, 0.1) is 5.41 Å². The van der Waals surface area contributed by atoms with Gasteiger partial charge in [-0.3, -0.25) is 4.79 Å². The minimum absolute atomic E-state index is 0.0543. The molecule has 1 atom stereocenters. The van der Waals surface area contributed by atoms with Gasteiger partial charge in [0.1, 0.15) is 0 Å². The molecule has 1 unspecified atom stereocenters. The van der Waals surface area contributed by atoms with Crippen molar-refractivity contribution >= 4 is 5.97 Å². The molecule has 1 aliphatic rings. The minimum Gasteiger partial charge on any atom is -0.465 e. The van der Waals surface area contributed by atoms with E-state index in [9.17, 15) is 4.79 Å². The van der Waals surface area contributed by atoms with E-state index in [1.165, 1.54) is 5.56 Å². The first kappa shape index (κ1) is 9.25. The van der Waals surface area contributed by atoms with Gasteiger partial charge in [0, 0.05) is 0 Å². The van der Waals surface area contributed by atoms with Crippen molar-refractivity contribution in [2.75, 3.05) is 6.61 Å². The van der Waals surface area contributed by atoms with E-state index in [1.54, 1.807) is 0 Å². The van der Waals surface area contributed by atoms with Gasteiger partial charge in [0.15, 0.2) is 0 Å². The average Bonchev–Trinajstić information content (AvgIpc) is 2.48. The van der Waals surface area contributed by atoms with Gasteiger partial charge in [-0.25, -0.2) is 0 Å². The normalized spacial score (nSPS) is 26.2. The molecule has 0 radical (unpaired) electrons. The summed E-state index contributed by atoms with van der Waals surface area (Å²) in [7, 11) is 0. The molecule has 1 aromatic rings. The second-order valence-electron chi connectivity index (χ2n) is 4.11. The van der Waals surface area contributed by atoms with E-state index in [4.69, 9.17) is 4.74 Å². The zero-order valence-corrected chi connectivity index (χ0v) is 8.32. The molecule has 1 heterocycles. The van der Waals surface area contributed by atoms with Crippen LogP contribution in [0.3, 0.4) is 0 Å². The number of hydrogen-bond acceptors (Lipinski definition) is 2. The van der Waals surface area contributed by atoms with Gasteiger partial charge in [0.05, 0.1) is 12.0 Å². The van der Waals surface area contributed by atoms with Crippen LogP contribution in [-0.4, -0.2) is 12.6 Å². The quantitative estimate of drug-likeness (QED) is 0.668. The molecule has 2 heteroatoms. The van der Waals surface area contributed by atoms with Crippen LogP contribution < -0.4 is 0 Å². The SMILES string of the molecule is CC1(Cc2ccccc2)CCOC1=O. The molecule has 0 saturated carbocycles. The Morgan fingerprint density at radius 2 is 2.07 bits per heavy atom. The van der Waals surface area contributed by atoms with Gasteiger partial charge >= 0.3 is 5.97 Å². The van der Waals surface area contributed by atoms with Gasteiger partial charge in [0.2, 0.25) is 0 Å². The van der Waals surface area contributed by atoms with Gasteiger partial charge in [-0.2, -0.15) is 0 Å². The van der Waals surface area contributed by atoms with Crippen molar-refractivity contribution in [3.8, 4) is 0 Å². The highest BCUT2D eigenvalue weighted by molar-refractivity contribution is 5.78. The Hall–Kier alpha value is -1.31. The number of benzene rings is 1. The molecule has 2 nitrogen and oxygen atoms in total. The van der Waals surface area contributed by atoms with Crippen molar-refractivity contribution in [1.82, 2.24) is 0 Å². The molecule has 2 rings (SSSR count). The monoisotopic (exact) mass is 190 g/mol. The molecule has 0 bridgehead atoms. The summed E-state index contributed by atoms with van der Waals surface area (Å²) >= 11 is 0. The maximum Gasteiger partial charge on any atom is 0.312 e. The van der Waals surface area contributed by atoms with Gasteiger partial charge in [0.25, 0.3) is 0 Å². The fourth-order valence-corrected chi connectivity index (χ4v) is 1.85. The van der Waals surface area contributed by atoms with Gasteiger partial charge in [-0.15, -0.1) is 0 Å². The van der Waals surface area contributed by atoms with Crippen LogP contribution in [0.2, 0.25) is 0 Å². The number of esters is 1. The summed E-state index contributed by atoms with van der Waals surface area (Å²) in [6.45, 7) is 2.55. The maximum atomic E-state index is 11.5. The molecular weight excluding hydrogens is 176 g/mol. The van der Waals surface area contributed by atoms with Crippen LogP contribution in [0.4, 0.5) is 0 Å². The molecule has 1 aromatic carbocycles. The van der Waals surface area contributed by atoms with Crippen LogP contribution in [0.15, 0.2) is 30.3 Å². The first-order valence-corrected chi connectivity index (χ1v) is 4.92. The summed E-state index contributed by atoms with van der Waals surface area (Å²) in [5.74, 6) is -0.0543. The molecule has 0 aliphatic carbocycles. The van der Waals surface area contributed by atoms with Crippen molar-refractivity contribution in [1.29, 1.82) is 0 Å². The van der Waals surface area contributed by atoms with Crippen molar-refractivity contribution in [3.63, 3.8) is 0 Å². The molecule has 1 saturated heterocycles. The molecule has 0 aromatic heterocycles. The first-order valence-electron chi connectivity index (χ1n) is 4.92. The number of carbonyl (C=O) groups excluding carboxylic acids is 1. The van der Waals surface area contributed by atoms with Crippen LogP contribution in [0.1, 0.15) is 18.9 Å². The van der Waals surface area contributed by atoms with E-state index in [2.05, 4.69) is 12.1 Å². The Morgan fingerprint density at radius 3 is 2.64 bits per heavy atom. The van der Waals surface area contributed by atoms with Crippen LogP contribution in [0.25, 0.3) is 0 Å². The third kappa shape index (κ3) is 1.65. The predicted molar refractivity (Wildman–Crippen MR) is 53.8 cm³/mol. The van der Waals surface area contributed by atoms with Crippen LogP contribution >= 0.6 is 0 Å². The van der Waals surface area contributed by atoms with E-state index in [0.717, 1.165) is 12.8 Å². The van der Waals surface area contributed by atoms with Gasteiger partial charge in [-0.1, -0.05) is 30.3 Å². The molecule has 0 spiro atoms. The summed E-state index contributed by atoms with van der Waals surface area (Å²) in [6, 6.07) is 10.1. The Balaban J connectivity index is 2.14. The summed E-state index contributed by atoms with van der Waals surface area (Å²) in [5, 5.41) is 0. The third-order valence-electron chi connectivity index (χ3n) is 2.82. The summed E-state index contributed by atoms with van der Waals surface area (Å²) in [4.78, 5) is 11.5. The summed E-state index contributed by atoms with van der Waals surface area (Å²) in [6.07, 6.45) is 1.62. The van der Waals surface area contributed by atoms with Gasteiger partial charge in [-0.05, 0) is 25.3 Å². The molecule has 1 fully saturated rings. The lowest BCUT2D eigenvalue weighted by atomic mass is 9.82. The Morgan fingerprint density at radius 1 is 1.36 bits per heavy atom. The highest BCUT2D eigenvalue weighted by Crippen LogP contribution is 2.32. The Bertz CT molecular complexity index is 331. The zero-order chi connectivity index (χ0) is 10.0. The topological polar surface area (TPSA) is 26.3 Å². The van der Waals surface area contributed by atoms with Crippen molar-refractivity contribution < 1.29 is 9.53 Å². The number of cyclic esters (lactones) is 1. The average molecular weight is 190 g/mol. The van der Waals surface area contributed by atoms with E-state index < -0.39 is 0 Å². The summed E-state index contributed by atoms with van der Waals surface area (Å²) in [5.41, 5.74) is 0.898. The van der Waals surface area contributed by atoms with Crippen LogP contribution in [0.5, 0.6) is 0 Å². The Kier molecular flexibility index (Phi) is 2.28. The van der Waals surface area contributed by atoms with Crippen molar-refractivity contribution in [2.24, 2.45) is 5.41 Å². The zero-order valence-electron chi connectivity index (χ0n) is 8.32. The smallest absolute Gasteiger partial charge is 0.312 e. The lowest BCUT2D eigenvalue weighted by molar-refractivity contribution is -0.145. The number of rotatable bonds is 2. The van der Waals surface area contributed by atoms with Gasteiger partial charge < -0.3 is 4.74 Å². The van der Waals surface area contributed by atoms with Crippen LogP contribution in [-0.2, 0) is 16.0 Å². The standard InChI is InChI=1S/C12H14O2/c1-12(7-8-14-11(12)13)9-10-5-3-2-4-6-10/h2-6H,7-9H2,1H3. The van der Waals surface area contributed by atoms with E-state index in [-0.39, 0.29) is 11.4 Å². The highest BCUT2D eigenvalue weighted by Gasteiger charge is 2.39. The second-order valence-corrected chi connectivity index (χ2v) is 4.11. The van der Waals surface area contributed by atoms with Crippen molar-refractivity contribution in [2.45, 2.75) is 19.8 Å². The minimum atomic E-state index is -0.304. The number of hydrogen-bond donors (Lipinski definition) is 0. The Labute approximate surface area is 83.9 Å².